The fourth-order valence-electron chi connectivity index (χ4n) is 0.877. The number of rotatable bonds is 2. The van der Waals surface area contributed by atoms with Gasteiger partial charge in [0.25, 0.3) is 0 Å². The number of hydrogen-bond acceptors (Lipinski definition) is 3. The van der Waals surface area contributed by atoms with Gasteiger partial charge >= 0.3 is 6.03 Å². The summed E-state index contributed by atoms with van der Waals surface area (Å²) in [6.45, 7) is 3.57. The molecule has 1 atom stereocenters. The number of nitrogens with one attached hydrogen (secondary N) is 1. The standard InChI is InChI=1S/C7H11N3O2/c1-4-3-6(10-12-4)5(2)9-7(8)11/h3,5H,1-2H3,(H3,8,9,11)/t5-/m1/s1. The number of carbonyl (C=O) groups is 1. The van der Waals surface area contributed by atoms with Crippen LogP contribution in [-0.2, 0) is 0 Å². The number of primary amides is 1. The van der Waals surface area contributed by atoms with Crippen LogP contribution in [0.3, 0.4) is 0 Å². The lowest BCUT2D eigenvalue weighted by atomic mass is 10.2. The summed E-state index contributed by atoms with van der Waals surface area (Å²) in [5.41, 5.74) is 5.60. The second-order valence-electron chi connectivity index (χ2n) is 2.59. The molecule has 0 spiro atoms. The Hall–Kier alpha value is -1.52. The molecule has 12 heavy (non-hydrogen) atoms. The van der Waals surface area contributed by atoms with Gasteiger partial charge in [-0.25, -0.2) is 4.79 Å². The number of hydrogen-bond donors (Lipinski definition) is 2. The van der Waals surface area contributed by atoms with Gasteiger partial charge in [0.05, 0.1) is 6.04 Å². The summed E-state index contributed by atoms with van der Waals surface area (Å²) in [5.74, 6) is 0.711. The molecule has 0 radical (unpaired) electrons. The zero-order valence-electron chi connectivity index (χ0n) is 7.00. The highest BCUT2D eigenvalue weighted by atomic mass is 16.5. The van der Waals surface area contributed by atoms with Crippen LogP contribution in [0.2, 0.25) is 0 Å². The van der Waals surface area contributed by atoms with Crippen molar-refractivity contribution >= 4 is 6.03 Å². The van der Waals surface area contributed by atoms with Crippen molar-refractivity contribution in [3.05, 3.63) is 17.5 Å². The number of nitrogens with zero attached hydrogens (tertiary/aromatic N) is 1. The number of aromatic nitrogens is 1. The molecule has 5 heteroatoms. The minimum Gasteiger partial charge on any atom is -0.361 e. The molecule has 1 rings (SSSR count). The Kier molecular flexibility index (Phi) is 2.32. The highest BCUT2D eigenvalue weighted by Gasteiger charge is 2.10. The van der Waals surface area contributed by atoms with Crippen molar-refractivity contribution in [3.63, 3.8) is 0 Å². The minimum absolute atomic E-state index is 0.208. The molecular formula is C7H11N3O2. The number of carbonyl (C=O) groups excluding carboxylic acids is 1. The number of amides is 2. The van der Waals surface area contributed by atoms with E-state index >= 15 is 0 Å². The zero-order valence-corrected chi connectivity index (χ0v) is 7.00. The Morgan fingerprint density at radius 3 is 2.92 bits per heavy atom. The predicted molar refractivity (Wildman–Crippen MR) is 42.4 cm³/mol. The molecule has 0 aliphatic heterocycles. The Morgan fingerprint density at radius 1 is 1.83 bits per heavy atom. The maximum Gasteiger partial charge on any atom is 0.312 e. The van der Waals surface area contributed by atoms with E-state index in [1.165, 1.54) is 0 Å². The lowest BCUT2D eigenvalue weighted by Crippen LogP contribution is -2.31. The predicted octanol–water partition coefficient (Wildman–Crippen LogP) is 0.712. The van der Waals surface area contributed by atoms with Crippen LogP contribution in [0, 0.1) is 6.92 Å². The molecule has 0 bridgehead atoms. The quantitative estimate of drug-likeness (QED) is 0.684. The average molecular weight is 169 g/mol. The molecule has 2 amide bonds. The van der Waals surface area contributed by atoms with Crippen LogP contribution >= 0.6 is 0 Å². The van der Waals surface area contributed by atoms with Crippen LogP contribution in [0.25, 0.3) is 0 Å². The van der Waals surface area contributed by atoms with Gasteiger partial charge in [0.1, 0.15) is 11.5 Å². The van der Waals surface area contributed by atoms with Crippen molar-refractivity contribution in [1.29, 1.82) is 0 Å². The van der Waals surface area contributed by atoms with Gasteiger partial charge in [-0.2, -0.15) is 0 Å². The van der Waals surface area contributed by atoms with Crippen LogP contribution in [0.5, 0.6) is 0 Å². The molecule has 0 unspecified atom stereocenters. The molecule has 5 nitrogen and oxygen atoms in total. The fourth-order valence-corrected chi connectivity index (χ4v) is 0.877. The van der Waals surface area contributed by atoms with E-state index in [0.29, 0.717) is 11.5 Å². The van der Waals surface area contributed by atoms with Crippen LogP contribution in [-0.4, -0.2) is 11.2 Å². The maximum absolute atomic E-state index is 10.4. The van der Waals surface area contributed by atoms with E-state index in [9.17, 15) is 4.79 Å². The van der Waals surface area contributed by atoms with Crippen molar-refractivity contribution in [3.8, 4) is 0 Å². The average Bonchev–Trinajstić information content (AvgIpc) is 2.34. The molecule has 0 saturated heterocycles. The molecule has 1 heterocycles. The second-order valence-corrected chi connectivity index (χ2v) is 2.59. The van der Waals surface area contributed by atoms with Gasteiger partial charge in [-0.05, 0) is 13.8 Å². The highest BCUT2D eigenvalue weighted by molar-refractivity contribution is 5.72. The summed E-state index contributed by atoms with van der Waals surface area (Å²) in [7, 11) is 0. The lowest BCUT2D eigenvalue weighted by molar-refractivity contribution is 0.245. The largest absolute Gasteiger partial charge is 0.361 e. The highest BCUT2D eigenvalue weighted by Crippen LogP contribution is 2.10. The molecular weight excluding hydrogens is 158 g/mol. The maximum atomic E-state index is 10.4. The van der Waals surface area contributed by atoms with Crippen LogP contribution < -0.4 is 11.1 Å². The number of nitrogens with two attached hydrogens (primary N) is 1. The summed E-state index contributed by atoms with van der Waals surface area (Å²) >= 11 is 0. The molecule has 0 aromatic carbocycles. The van der Waals surface area contributed by atoms with Crippen molar-refractivity contribution in [2.24, 2.45) is 5.73 Å². The van der Waals surface area contributed by atoms with Crippen LogP contribution in [0.15, 0.2) is 10.6 Å². The number of urea groups is 1. The van der Waals surface area contributed by atoms with Crippen molar-refractivity contribution in [2.45, 2.75) is 19.9 Å². The van der Waals surface area contributed by atoms with E-state index in [-0.39, 0.29) is 6.04 Å². The van der Waals surface area contributed by atoms with E-state index in [4.69, 9.17) is 10.3 Å². The Labute approximate surface area is 69.9 Å². The molecule has 0 aliphatic rings. The number of aryl methyl sites for hydroxylation is 1. The topological polar surface area (TPSA) is 81.1 Å². The summed E-state index contributed by atoms with van der Waals surface area (Å²) in [4.78, 5) is 10.4. The first kappa shape index (κ1) is 8.58. The molecule has 0 aliphatic carbocycles. The SMILES string of the molecule is Cc1cc([C@@H](C)NC(N)=O)no1. The van der Waals surface area contributed by atoms with Gasteiger partial charge in [-0.3, -0.25) is 0 Å². The van der Waals surface area contributed by atoms with Crippen molar-refractivity contribution in [1.82, 2.24) is 10.5 Å². The summed E-state index contributed by atoms with van der Waals surface area (Å²) in [6.07, 6.45) is 0. The summed E-state index contributed by atoms with van der Waals surface area (Å²) in [5, 5.41) is 6.21. The molecule has 66 valence electrons. The molecule has 1 aromatic heterocycles. The van der Waals surface area contributed by atoms with E-state index in [2.05, 4.69) is 10.5 Å². The van der Waals surface area contributed by atoms with Gasteiger partial charge in [0.2, 0.25) is 0 Å². The lowest BCUT2D eigenvalue weighted by Gasteiger charge is -2.06. The molecule has 0 fully saturated rings. The normalized spacial score (nSPS) is 12.5. The molecule has 0 saturated carbocycles. The van der Waals surface area contributed by atoms with Crippen LogP contribution in [0.1, 0.15) is 24.4 Å². The fraction of sp³-hybridized carbons (Fsp3) is 0.429. The first-order chi connectivity index (χ1) is 5.59. The van der Waals surface area contributed by atoms with Gasteiger partial charge in [-0.1, -0.05) is 5.16 Å². The third-order valence-corrected chi connectivity index (χ3v) is 1.45. The molecule has 1 aromatic rings. The van der Waals surface area contributed by atoms with Gasteiger partial charge in [0, 0.05) is 6.07 Å². The van der Waals surface area contributed by atoms with Crippen molar-refractivity contribution in [2.75, 3.05) is 0 Å². The second kappa shape index (κ2) is 3.25. The Morgan fingerprint density at radius 2 is 2.50 bits per heavy atom. The summed E-state index contributed by atoms with van der Waals surface area (Å²) in [6, 6.07) is 0.976. The van der Waals surface area contributed by atoms with E-state index in [1.54, 1.807) is 19.9 Å². The monoisotopic (exact) mass is 169 g/mol. The van der Waals surface area contributed by atoms with E-state index in [0.717, 1.165) is 0 Å². The summed E-state index contributed by atoms with van der Waals surface area (Å²) < 4.78 is 4.83. The Bertz CT molecular complexity index is 282. The third-order valence-electron chi connectivity index (χ3n) is 1.45. The van der Waals surface area contributed by atoms with Gasteiger partial charge < -0.3 is 15.6 Å². The first-order valence-corrected chi connectivity index (χ1v) is 3.59. The van der Waals surface area contributed by atoms with Crippen molar-refractivity contribution < 1.29 is 9.32 Å². The molecule has 3 N–H and O–H groups in total. The first-order valence-electron chi connectivity index (χ1n) is 3.59. The van der Waals surface area contributed by atoms with Gasteiger partial charge in [0.15, 0.2) is 0 Å². The van der Waals surface area contributed by atoms with E-state index in [1.807, 2.05) is 0 Å². The van der Waals surface area contributed by atoms with Gasteiger partial charge in [-0.15, -0.1) is 0 Å². The zero-order chi connectivity index (χ0) is 9.14. The smallest absolute Gasteiger partial charge is 0.312 e. The third kappa shape index (κ3) is 1.98. The van der Waals surface area contributed by atoms with E-state index < -0.39 is 6.03 Å². The van der Waals surface area contributed by atoms with Crippen LogP contribution in [0.4, 0.5) is 4.79 Å². The minimum atomic E-state index is -0.567. The Balaban J connectivity index is 2.64.